The van der Waals surface area contributed by atoms with E-state index in [1.54, 1.807) is 25.8 Å². The van der Waals surface area contributed by atoms with Crippen molar-refractivity contribution in [3.63, 3.8) is 0 Å². The summed E-state index contributed by atoms with van der Waals surface area (Å²) in [7, 11) is 3.07. The number of methoxy groups -OCH3 is 1. The maximum Gasteiger partial charge on any atom is 0.339 e. The Morgan fingerprint density at radius 3 is 2.30 bits per heavy atom. The largest absolute Gasteiger partial charge is 0.465 e. The minimum atomic E-state index is -0.460. The van der Waals surface area contributed by atoms with Gasteiger partial charge in [0.05, 0.1) is 24.1 Å². The van der Waals surface area contributed by atoms with E-state index in [2.05, 4.69) is 4.98 Å². The average molecular weight is 443 g/mol. The number of amides is 1. The predicted molar refractivity (Wildman–Crippen MR) is 126 cm³/mol. The molecule has 0 fully saturated rings. The highest BCUT2D eigenvalue weighted by atomic mass is 16.5. The third-order valence-corrected chi connectivity index (χ3v) is 5.65. The van der Waals surface area contributed by atoms with Gasteiger partial charge >= 0.3 is 5.97 Å². The molecule has 1 N–H and O–H groups in total. The number of H-pyrrole nitrogens is 1. The number of aryl methyl sites for hydroxylation is 1. The number of nitrogens with one attached hydrogen (secondary N) is 1. The maximum absolute atomic E-state index is 13.3. The van der Waals surface area contributed by atoms with Crippen molar-refractivity contribution in [2.24, 2.45) is 0 Å². The number of carbonyl (C=O) groups is 2. The lowest BCUT2D eigenvalue weighted by Crippen LogP contribution is -2.27. The molecule has 168 valence electrons. The standard InChI is InChI=1S/C26H26N4O3/c1-17-22(26(32)33-4)18(2)27-23(17)25(31)29(3)15-20-16-30(21-13-9-6-10-14-21)28-24(20)19-11-7-5-8-12-19/h5-14,16,27H,15H2,1-4H3. The zero-order chi connectivity index (χ0) is 23.5. The van der Waals surface area contributed by atoms with Gasteiger partial charge in [0.2, 0.25) is 0 Å². The Morgan fingerprint density at radius 2 is 1.67 bits per heavy atom. The Kier molecular flexibility index (Phi) is 6.13. The van der Waals surface area contributed by atoms with Crippen molar-refractivity contribution in [2.75, 3.05) is 14.2 Å². The van der Waals surface area contributed by atoms with Crippen LogP contribution < -0.4 is 0 Å². The van der Waals surface area contributed by atoms with Crippen LogP contribution in [0, 0.1) is 13.8 Å². The molecule has 1 amide bonds. The second kappa shape index (κ2) is 9.16. The quantitative estimate of drug-likeness (QED) is 0.445. The molecule has 2 aromatic carbocycles. The first-order valence-corrected chi connectivity index (χ1v) is 10.6. The average Bonchev–Trinajstić information content (AvgIpc) is 3.39. The fraction of sp³-hybridized carbons (Fsp3) is 0.192. The van der Waals surface area contributed by atoms with E-state index in [1.165, 1.54) is 7.11 Å². The van der Waals surface area contributed by atoms with Gasteiger partial charge in [0.25, 0.3) is 5.91 Å². The van der Waals surface area contributed by atoms with E-state index in [0.29, 0.717) is 29.1 Å². The summed E-state index contributed by atoms with van der Waals surface area (Å²) in [4.78, 5) is 30.1. The highest BCUT2D eigenvalue weighted by Gasteiger charge is 2.25. The molecule has 0 aliphatic carbocycles. The summed E-state index contributed by atoms with van der Waals surface area (Å²) in [5.74, 6) is -0.671. The molecule has 2 heterocycles. The monoisotopic (exact) mass is 442 g/mol. The number of para-hydroxylation sites is 1. The van der Waals surface area contributed by atoms with E-state index in [0.717, 1.165) is 22.5 Å². The van der Waals surface area contributed by atoms with Gasteiger partial charge in [-0.3, -0.25) is 4.79 Å². The SMILES string of the molecule is COC(=O)c1c(C)[nH]c(C(=O)N(C)Cc2cn(-c3ccccc3)nc2-c2ccccc2)c1C. The smallest absolute Gasteiger partial charge is 0.339 e. The van der Waals surface area contributed by atoms with Gasteiger partial charge in [0, 0.05) is 36.6 Å². The van der Waals surface area contributed by atoms with Crippen molar-refractivity contribution in [1.82, 2.24) is 19.7 Å². The van der Waals surface area contributed by atoms with Crippen molar-refractivity contribution in [3.8, 4) is 16.9 Å². The van der Waals surface area contributed by atoms with Crippen LogP contribution in [0.5, 0.6) is 0 Å². The van der Waals surface area contributed by atoms with Gasteiger partial charge < -0.3 is 14.6 Å². The molecular weight excluding hydrogens is 416 g/mol. The number of hydrogen-bond acceptors (Lipinski definition) is 4. The molecule has 0 radical (unpaired) electrons. The lowest BCUT2D eigenvalue weighted by atomic mass is 10.1. The summed E-state index contributed by atoms with van der Waals surface area (Å²) in [5.41, 5.74) is 5.61. The molecule has 0 bridgehead atoms. The number of carbonyl (C=O) groups excluding carboxylic acids is 2. The highest BCUT2D eigenvalue weighted by molar-refractivity contribution is 6.00. The number of aromatic nitrogens is 3. The van der Waals surface area contributed by atoms with Gasteiger partial charge in [0.1, 0.15) is 5.69 Å². The number of benzene rings is 2. The normalized spacial score (nSPS) is 10.8. The Bertz CT molecular complexity index is 1290. The van der Waals surface area contributed by atoms with Crippen LogP contribution in [0.4, 0.5) is 0 Å². The van der Waals surface area contributed by atoms with Crippen LogP contribution >= 0.6 is 0 Å². The summed E-state index contributed by atoms with van der Waals surface area (Å²) in [5, 5.41) is 4.82. The number of aromatic amines is 1. The fourth-order valence-corrected chi connectivity index (χ4v) is 3.97. The molecular formula is C26H26N4O3. The number of ether oxygens (including phenoxy) is 1. The summed E-state index contributed by atoms with van der Waals surface area (Å²) in [6.45, 7) is 3.86. The topological polar surface area (TPSA) is 80.2 Å². The molecule has 0 atom stereocenters. The van der Waals surface area contributed by atoms with E-state index in [1.807, 2.05) is 71.5 Å². The van der Waals surface area contributed by atoms with Crippen LogP contribution in [0.2, 0.25) is 0 Å². The van der Waals surface area contributed by atoms with Crippen LogP contribution in [0.15, 0.2) is 66.9 Å². The number of hydrogen-bond donors (Lipinski definition) is 1. The zero-order valence-electron chi connectivity index (χ0n) is 19.1. The van der Waals surface area contributed by atoms with Crippen molar-refractivity contribution in [3.05, 3.63) is 94.9 Å². The number of esters is 1. The summed E-state index contributed by atoms with van der Waals surface area (Å²) in [6.07, 6.45) is 1.95. The molecule has 0 unspecified atom stereocenters. The first-order chi connectivity index (χ1) is 15.9. The van der Waals surface area contributed by atoms with E-state index >= 15 is 0 Å². The Balaban J connectivity index is 1.68. The highest BCUT2D eigenvalue weighted by Crippen LogP contribution is 2.26. The molecule has 0 aliphatic rings. The first kappa shape index (κ1) is 22.1. The summed E-state index contributed by atoms with van der Waals surface area (Å²) in [6, 6.07) is 19.8. The Labute approximate surface area is 192 Å². The maximum atomic E-state index is 13.3. The Hall–Kier alpha value is -4.13. The molecule has 7 nitrogen and oxygen atoms in total. The van der Waals surface area contributed by atoms with Crippen LogP contribution in [-0.2, 0) is 11.3 Å². The fourth-order valence-electron chi connectivity index (χ4n) is 3.97. The summed E-state index contributed by atoms with van der Waals surface area (Å²) < 4.78 is 6.69. The van der Waals surface area contributed by atoms with Crippen molar-refractivity contribution >= 4 is 11.9 Å². The molecule has 7 heteroatoms. The molecule has 0 saturated carbocycles. The van der Waals surface area contributed by atoms with E-state index in [4.69, 9.17) is 9.84 Å². The summed E-state index contributed by atoms with van der Waals surface area (Å²) >= 11 is 0. The van der Waals surface area contributed by atoms with Crippen LogP contribution in [-0.4, -0.2) is 45.7 Å². The lowest BCUT2D eigenvalue weighted by Gasteiger charge is -2.17. The number of nitrogens with zero attached hydrogens (tertiary/aromatic N) is 3. The zero-order valence-corrected chi connectivity index (χ0v) is 19.1. The van der Waals surface area contributed by atoms with Gasteiger partial charge in [-0.25, -0.2) is 9.48 Å². The second-order valence-corrected chi connectivity index (χ2v) is 7.93. The van der Waals surface area contributed by atoms with Crippen LogP contribution in [0.1, 0.15) is 37.7 Å². The molecule has 4 rings (SSSR count). The van der Waals surface area contributed by atoms with E-state index in [9.17, 15) is 9.59 Å². The minimum absolute atomic E-state index is 0.211. The molecule has 0 saturated heterocycles. The molecule has 4 aromatic rings. The predicted octanol–water partition coefficient (Wildman–Crippen LogP) is 4.54. The molecule has 0 spiro atoms. The van der Waals surface area contributed by atoms with Gasteiger partial charge in [0.15, 0.2) is 0 Å². The first-order valence-electron chi connectivity index (χ1n) is 10.6. The third-order valence-electron chi connectivity index (χ3n) is 5.65. The van der Waals surface area contributed by atoms with Gasteiger partial charge in [-0.2, -0.15) is 5.10 Å². The molecule has 0 aliphatic heterocycles. The third kappa shape index (κ3) is 4.30. The molecule has 2 aromatic heterocycles. The van der Waals surface area contributed by atoms with Crippen molar-refractivity contribution < 1.29 is 14.3 Å². The van der Waals surface area contributed by atoms with Crippen molar-refractivity contribution in [1.29, 1.82) is 0 Å². The second-order valence-electron chi connectivity index (χ2n) is 7.93. The molecule has 33 heavy (non-hydrogen) atoms. The van der Waals surface area contributed by atoms with Crippen LogP contribution in [0.3, 0.4) is 0 Å². The van der Waals surface area contributed by atoms with Gasteiger partial charge in [-0.1, -0.05) is 48.5 Å². The number of rotatable bonds is 6. The van der Waals surface area contributed by atoms with Crippen LogP contribution in [0.25, 0.3) is 16.9 Å². The van der Waals surface area contributed by atoms with Crippen molar-refractivity contribution in [2.45, 2.75) is 20.4 Å². The Morgan fingerprint density at radius 1 is 1.03 bits per heavy atom. The van der Waals surface area contributed by atoms with Gasteiger partial charge in [-0.15, -0.1) is 0 Å². The van der Waals surface area contributed by atoms with Gasteiger partial charge in [-0.05, 0) is 31.5 Å². The lowest BCUT2D eigenvalue weighted by molar-refractivity contribution is 0.0599. The van der Waals surface area contributed by atoms with E-state index in [-0.39, 0.29) is 5.91 Å². The van der Waals surface area contributed by atoms with E-state index < -0.39 is 5.97 Å². The minimum Gasteiger partial charge on any atom is -0.465 e.